The molecule has 1 aliphatic rings. The number of aromatic amines is 1. The van der Waals surface area contributed by atoms with Crippen LogP contribution in [0.25, 0.3) is 10.9 Å². The Labute approximate surface area is 119 Å². The first-order valence-corrected chi connectivity index (χ1v) is 7.37. The van der Waals surface area contributed by atoms with Gasteiger partial charge in [-0.3, -0.25) is 4.79 Å². The number of hydrogen-bond acceptors (Lipinski definition) is 2. The summed E-state index contributed by atoms with van der Waals surface area (Å²) in [6.45, 7) is 4.67. The quantitative estimate of drug-likeness (QED) is 0.897. The number of benzene rings is 1. The van der Waals surface area contributed by atoms with E-state index in [2.05, 4.69) is 10.3 Å². The number of carbonyl (C=O) groups is 1. The predicted octanol–water partition coefficient (Wildman–Crippen LogP) is 2.38. The molecule has 1 atom stereocenters. The average molecular weight is 271 g/mol. The van der Waals surface area contributed by atoms with Crippen LogP contribution in [0.3, 0.4) is 0 Å². The number of carbonyl (C=O) groups excluding carboxylic acids is 1. The second kappa shape index (κ2) is 5.67. The van der Waals surface area contributed by atoms with E-state index in [1.165, 1.54) is 12.8 Å². The topological polar surface area (TPSA) is 48.1 Å². The van der Waals surface area contributed by atoms with Gasteiger partial charge in [0, 0.05) is 36.4 Å². The molecule has 1 aromatic carbocycles. The summed E-state index contributed by atoms with van der Waals surface area (Å²) in [4.78, 5) is 17.7. The zero-order valence-electron chi connectivity index (χ0n) is 11.9. The number of likely N-dealkylation sites (N-methyl/N-ethyl adjacent to an activating group) is 1. The summed E-state index contributed by atoms with van der Waals surface area (Å²) in [7, 11) is 0. The van der Waals surface area contributed by atoms with Crippen LogP contribution in [0.15, 0.2) is 30.5 Å². The van der Waals surface area contributed by atoms with E-state index in [9.17, 15) is 4.79 Å². The van der Waals surface area contributed by atoms with Crippen molar-refractivity contribution in [2.24, 2.45) is 0 Å². The number of H-pyrrole nitrogens is 1. The monoisotopic (exact) mass is 271 g/mol. The molecule has 0 saturated carbocycles. The van der Waals surface area contributed by atoms with E-state index in [1.54, 1.807) is 0 Å². The molecule has 2 heterocycles. The smallest absolute Gasteiger partial charge is 0.253 e. The molecule has 4 nitrogen and oxygen atoms in total. The van der Waals surface area contributed by atoms with Gasteiger partial charge in [-0.1, -0.05) is 6.07 Å². The van der Waals surface area contributed by atoms with Crippen molar-refractivity contribution in [1.29, 1.82) is 0 Å². The van der Waals surface area contributed by atoms with Crippen molar-refractivity contribution in [1.82, 2.24) is 15.2 Å². The molecular formula is C16H21N3O. The number of nitrogens with zero attached hydrogens (tertiary/aromatic N) is 1. The molecule has 106 valence electrons. The molecule has 1 aliphatic heterocycles. The number of hydrogen-bond donors (Lipinski definition) is 2. The second-order valence-corrected chi connectivity index (χ2v) is 5.42. The van der Waals surface area contributed by atoms with Crippen LogP contribution in [0.5, 0.6) is 0 Å². The molecule has 0 bridgehead atoms. The summed E-state index contributed by atoms with van der Waals surface area (Å²) in [6, 6.07) is 8.34. The third kappa shape index (κ3) is 2.56. The lowest BCUT2D eigenvalue weighted by atomic mass is 10.1. The van der Waals surface area contributed by atoms with E-state index in [0.717, 1.165) is 36.1 Å². The Hall–Kier alpha value is -1.81. The molecular weight excluding hydrogens is 250 g/mol. The Bertz CT molecular complexity index is 599. The fourth-order valence-corrected chi connectivity index (χ4v) is 2.90. The number of rotatable bonds is 4. The molecule has 4 heteroatoms. The van der Waals surface area contributed by atoms with Crippen LogP contribution in [0.4, 0.5) is 0 Å². The van der Waals surface area contributed by atoms with Gasteiger partial charge in [0.2, 0.25) is 0 Å². The molecule has 1 aromatic heterocycles. The number of nitrogens with one attached hydrogen (secondary N) is 2. The Morgan fingerprint density at radius 3 is 3.05 bits per heavy atom. The first kappa shape index (κ1) is 13.2. The van der Waals surface area contributed by atoms with Gasteiger partial charge in [-0.05, 0) is 49.9 Å². The van der Waals surface area contributed by atoms with Gasteiger partial charge in [0.25, 0.3) is 5.91 Å². The maximum absolute atomic E-state index is 12.6. The Kier molecular flexibility index (Phi) is 3.74. The number of aromatic nitrogens is 1. The number of amides is 1. The van der Waals surface area contributed by atoms with Crippen molar-refractivity contribution in [2.75, 3.05) is 19.6 Å². The standard InChI is InChI=1S/C16H21N3O/c1-2-19(11-14-4-3-8-17-14)16(20)13-6-5-12-7-9-18-15(12)10-13/h5-7,9-10,14,17-18H,2-4,8,11H2,1H3. The average Bonchev–Trinajstić information content (AvgIpc) is 3.14. The van der Waals surface area contributed by atoms with Crippen LogP contribution in [-0.4, -0.2) is 41.5 Å². The molecule has 0 aliphatic carbocycles. The van der Waals surface area contributed by atoms with Crippen LogP contribution in [0.2, 0.25) is 0 Å². The second-order valence-electron chi connectivity index (χ2n) is 5.42. The van der Waals surface area contributed by atoms with Gasteiger partial charge >= 0.3 is 0 Å². The summed E-state index contributed by atoms with van der Waals surface area (Å²) in [6.07, 6.45) is 4.28. The molecule has 1 saturated heterocycles. The highest BCUT2D eigenvalue weighted by Crippen LogP contribution is 2.16. The third-order valence-corrected chi connectivity index (χ3v) is 4.07. The van der Waals surface area contributed by atoms with Crippen molar-refractivity contribution in [2.45, 2.75) is 25.8 Å². The minimum absolute atomic E-state index is 0.123. The first-order chi connectivity index (χ1) is 9.78. The van der Waals surface area contributed by atoms with Gasteiger partial charge in [-0.2, -0.15) is 0 Å². The molecule has 0 spiro atoms. The van der Waals surface area contributed by atoms with Gasteiger partial charge in [0.15, 0.2) is 0 Å². The lowest BCUT2D eigenvalue weighted by molar-refractivity contribution is 0.0751. The Morgan fingerprint density at radius 2 is 2.30 bits per heavy atom. The van der Waals surface area contributed by atoms with Crippen LogP contribution in [0.1, 0.15) is 30.1 Å². The minimum Gasteiger partial charge on any atom is -0.361 e. The Balaban J connectivity index is 1.77. The zero-order chi connectivity index (χ0) is 13.9. The highest BCUT2D eigenvalue weighted by atomic mass is 16.2. The normalized spacial score (nSPS) is 18.6. The van der Waals surface area contributed by atoms with Crippen LogP contribution < -0.4 is 5.32 Å². The summed E-state index contributed by atoms with van der Waals surface area (Å²) < 4.78 is 0. The van der Waals surface area contributed by atoms with Crippen LogP contribution in [-0.2, 0) is 0 Å². The van der Waals surface area contributed by atoms with Crippen LogP contribution >= 0.6 is 0 Å². The zero-order valence-corrected chi connectivity index (χ0v) is 11.9. The van der Waals surface area contributed by atoms with E-state index in [-0.39, 0.29) is 5.91 Å². The van der Waals surface area contributed by atoms with Crippen molar-refractivity contribution in [3.63, 3.8) is 0 Å². The highest BCUT2D eigenvalue weighted by molar-refractivity contribution is 5.97. The SMILES string of the molecule is CCN(CC1CCCN1)C(=O)c1ccc2cc[nH]c2c1. The molecule has 3 rings (SSSR count). The molecule has 20 heavy (non-hydrogen) atoms. The van der Waals surface area contributed by atoms with Gasteiger partial charge in [0.05, 0.1) is 0 Å². The third-order valence-electron chi connectivity index (χ3n) is 4.07. The van der Waals surface area contributed by atoms with Crippen molar-refractivity contribution in [3.05, 3.63) is 36.0 Å². The molecule has 2 N–H and O–H groups in total. The fourth-order valence-electron chi connectivity index (χ4n) is 2.90. The lowest BCUT2D eigenvalue weighted by Crippen LogP contribution is -2.41. The largest absolute Gasteiger partial charge is 0.361 e. The van der Waals surface area contributed by atoms with Gasteiger partial charge < -0.3 is 15.2 Å². The van der Waals surface area contributed by atoms with Gasteiger partial charge in [-0.25, -0.2) is 0 Å². The predicted molar refractivity (Wildman–Crippen MR) is 80.9 cm³/mol. The van der Waals surface area contributed by atoms with Crippen LogP contribution in [0, 0.1) is 0 Å². The van der Waals surface area contributed by atoms with Crippen molar-refractivity contribution < 1.29 is 4.79 Å². The summed E-state index contributed by atoms with van der Waals surface area (Å²) in [5, 5.41) is 4.59. The summed E-state index contributed by atoms with van der Waals surface area (Å²) >= 11 is 0. The lowest BCUT2D eigenvalue weighted by Gasteiger charge is -2.24. The van der Waals surface area contributed by atoms with Crippen molar-refractivity contribution >= 4 is 16.8 Å². The molecule has 0 radical (unpaired) electrons. The summed E-state index contributed by atoms with van der Waals surface area (Å²) in [5.74, 6) is 0.123. The molecule has 1 amide bonds. The van der Waals surface area contributed by atoms with Crippen molar-refractivity contribution in [3.8, 4) is 0 Å². The van der Waals surface area contributed by atoms with E-state index in [4.69, 9.17) is 0 Å². The van der Waals surface area contributed by atoms with E-state index in [0.29, 0.717) is 6.04 Å². The van der Waals surface area contributed by atoms with E-state index < -0.39 is 0 Å². The molecule has 1 unspecified atom stereocenters. The summed E-state index contributed by atoms with van der Waals surface area (Å²) in [5.41, 5.74) is 1.78. The van der Waals surface area contributed by atoms with Gasteiger partial charge in [-0.15, -0.1) is 0 Å². The molecule has 1 fully saturated rings. The Morgan fingerprint density at radius 1 is 1.40 bits per heavy atom. The number of fused-ring (bicyclic) bond motifs is 1. The highest BCUT2D eigenvalue weighted by Gasteiger charge is 2.21. The minimum atomic E-state index is 0.123. The fraction of sp³-hybridized carbons (Fsp3) is 0.438. The first-order valence-electron chi connectivity index (χ1n) is 7.37. The van der Waals surface area contributed by atoms with Gasteiger partial charge in [0.1, 0.15) is 0 Å². The maximum atomic E-state index is 12.6. The van der Waals surface area contributed by atoms with E-state index in [1.807, 2.05) is 42.3 Å². The molecule has 2 aromatic rings. The maximum Gasteiger partial charge on any atom is 0.253 e. The van der Waals surface area contributed by atoms with E-state index >= 15 is 0 Å².